The number of nitrogens with zero attached hydrogens (tertiary/aromatic N) is 1. The number of carbonyl (C=O) groups is 1. The van der Waals surface area contributed by atoms with Gasteiger partial charge < -0.3 is 15.0 Å². The molecule has 1 amide bonds. The van der Waals surface area contributed by atoms with E-state index in [0.29, 0.717) is 6.04 Å². The first-order valence-corrected chi connectivity index (χ1v) is 3.34. The largest absolute Gasteiger partial charge is 1.00 e. The normalized spacial score (nSPS) is 8.82. The Balaban J connectivity index is 0. The number of nitrogens with one attached hydrogen (secondary N) is 1. The second-order valence-corrected chi connectivity index (χ2v) is 2.70. The molecule has 0 rings (SSSR count). The number of hydrogen-bond acceptors (Lipinski definition) is 2. The second-order valence-electron chi connectivity index (χ2n) is 2.70. The third-order valence-corrected chi connectivity index (χ3v) is 0.981. The molecule has 0 spiro atoms. The van der Waals surface area contributed by atoms with Crippen molar-refractivity contribution in [3.05, 3.63) is 6.54 Å². The third-order valence-electron chi connectivity index (χ3n) is 0.981. The monoisotopic (exact) mass is 245 g/mol. The molecular formula is C7H15N2ORu. The molecule has 11 heavy (non-hydrogen) atoms. The van der Waals surface area contributed by atoms with Gasteiger partial charge in [-0.2, -0.15) is 0 Å². The maximum Gasteiger partial charge on any atom is 1.00 e. The molecule has 4 heteroatoms. The molecule has 0 aromatic heterocycles. The van der Waals surface area contributed by atoms with E-state index >= 15 is 0 Å². The molecule has 0 bridgehead atoms. The number of hydrogen-bond donors (Lipinski definition) is 1. The summed E-state index contributed by atoms with van der Waals surface area (Å²) in [4.78, 5) is 12.4. The molecule has 0 saturated carbocycles. The Bertz CT molecular complexity index is 115. The van der Waals surface area contributed by atoms with Crippen LogP contribution in [0.5, 0.6) is 0 Å². The van der Waals surface area contributed by atoms with Gasteiger partial charge in [0.25, 0.3) is 0 Å². The molecule has 67 valence electrons. The van der Waals surface area contributed by atoms with Gasteiger partial charge in [0.1, 0.15) is 0 Å². The van der Waals surface area contributed by atoms with Crippen molar-refractivity contribution < 1.29 is 24.3 Å². The summed E-state index contributed by atoms with van der Waals surface area (Å²) >= 11 is 0. The fraction of sp³-hybridized carbons (Fsp3) is 0.714. The Morgan fingerprint density at radius 1 is 1.45 bits per heavy atom. The molecule has 3 nitrogen and oxygen atoms in total. The fourth-order valence-electron chi connectivity index (χ4n) is 0.367. The van der Waals surface area contributed by atoms with Crippen molar-refractivity contribution >= 4 is 5.91 Å². The molecular weight excluding hydrogens is 229 g/mol. The second kappa shape index (κ2) is 6.62. The van der Waals surface area contributed by atoms with E-state index in [1.165, 1.54) is 11.4 Å². The number of amides is 1. The van der Waals surface area contributed by atoms with Crippen LogP contribution in [0.15, 0.2) is 0 Å². The summed E-state index contributed by atoms with van der Waals surface area (Å²) in [6.07, 6.45) is 0. The van der Waals surface area contributed by atoms with Crippen LogP contribution >= 0.6 is 0 Å². The van der Waals surface area contributed by atoms with Crippen LogP contribution in [0.25, 0.3) is 0 Å². The first-order valence-electron chi connectivity index (χ1n) is 3.34. The van der Waals surface area contributed by atoms with E-state index in [-0.39, 0.29) is 25.4 Å². The standard InChI is InChI=1S/C7H15N2O.Ru/c1-6(2)8-5-7(10)9(3)4;/h5-6,8H,1-4H3;/q-1;+1. The molecule has 0 aromatic rings. The zero-order valence-electron chi connectivity index (χ0n) is 7.36. The van der Waals surface area contributed by atoms with Crippen LogP contribution in [0.3, 0.4) is 0 Å². The van der Waals surface area contributed by atoms with E-state index in [2.05, 4.69) is 5.32 Å². The Kier molecular flexibility index (Phi) is 8.13. The van der Waals surface area contributed by atoms with Crippen molar-refractivity contribution in [2.45, 2.75) is 19.9 Å². The minimum atomic E-state index is -0.00583. The summed E-state index contributed by atoms with van der Waals surface area (Å²) in [6.45, 7) is 5.45. The molecule has 0 atom stereocenters. The molecule has 0 saturated heterocycles. The van der Waals surface area contributed by atoms with Gasteiger partial charge in [0.05, 0.1) is 5.91 Å². The van der Waals surface area contributed by atoms with E-state index in [9.17, 15) is 4.79 Å². The molecule has 0 unspecified atom stereocenters. The van der Waals surface area contributed by atoms with Crippen LogP contribution in [0.4, 0.5) is 0 Å². The molecule has 0 aliphatic heterocycles. The van der Waals surface area contributed by atoms with Gasteiger partial charge in [0.15, 0.2) is 0 Å². The summed E-state index contributed by atoms with van der Waals surface area (Å²) in [5.41, 5.74) is 0. The van der Waals surface area contributed by atoms with E-state index in [1.807, 2.05) is 13.8 Å². The van der Waals surface area contributed by atoms with Gasteiger partial charge in [0.2, 0.25) is 0 Å². The van der Waals surface area contributed by atoms with Crippen molar-refractivity contribution in [1.29, 1.82) is 0 Å². The maximum atomic E-state index is 10.9. The van der Waals surface area contributed by atoms with Crippen molar-refractivity contribution in [2.24, 2.45) is 0 Å². The first kappa shape index (κ1) is 13.5. The summed E-state index contributed by atoms with van der Waals surface area (Å²) in [5.74, 6) is -0.00583. The predicted molar refractivity (Wildman–Crippen MR) is 41.3 cm³/mol. The molecule has 1 radical (unpaired) electrons. The third kappa shape index (κ3) is 7.82. The Hall–Kier alpha value is -0.0766. The Morgan fingerprint density at radius 3 is 2.18 bits per heavy atom. The smallest absolute Gasteiger partial charge is 0.444 e. The minimum Gasteiger partial charge on any atom is -0.444 e. The molecule has 0 aliphatic carbocycles. The quantitative estimate of drug-likeness (QED) is 0.569. The van der Waals surface area contributed by atoms with Crippen LogP contribution in [-0.2, 0) is 24.3 Å². The zero-order chi connectivity index (χ0) is 8.15. The Labute approximate surface area is 81.3 Å². The maximum absolute atomic E-state index is 10.9. The van der Waals surface area contributed by atoms with Crippen molar-refractivity contribution in [3.8, 4) is 0 Å². The van der Waals surface area contributed by atoms with Gasteiger partial charge in [-0.15, -0.1) is 0 Å². The SMILES string of the molecule is CC(C)N[CH-]C(=O)N(C)C.[Ru+]. The van der Waals surface area contributed by atoms with E-state index in [4.69, 9.17) is 0 Å². The van der Waals surface area contributed by atoms with E-state index in [1.54, 1.807) is 14.1 Å². The summed E-state index contributed by atoms with van der Waals surface area (Å²) in [5, 5.41) is 2.91. The van der Waals surface area contributed by atoms with Crippen molar-refractivity contribution in [3.63, 3.8) is 0 Å². The van der Waals surface area contributed by atoms with Gasteiger partial charge in [-0.25, -0.2) is 6.54 Å². The van der Waals surface area contributed by atoms with Crippen molar-refractivity contribution in [2.75, 3.05) is 14.1 Å². The van der Waals surface area contributed by atoms with Crippen molar-refractivity contribution in [1.82, 2.24) is 10.2 Å². The average Bonchev–Trinajstić information content (AvgIpc) is 1.82. The topological polar surface area (TPSA) is 32.3 Å². The van der Waals surface area contributed by atoms with Gasteiger partial charge in [-0.3, -0.25) is 0 Å². The number of likely N-dealkylation sites (N-methyl/N-ethyl adjacent to an activating group) is 1. The van der Waals surface area contributed by atoms with Gasteiger partial charge in [-0.1, -0.05) is 13.8 Å². The van der Waals surface area contributed by atoms with Crippen LogP contribution in [0, 0.1) is 6.54 Å². The van der Waals surface area contributed by atoms with Gasteiger partial charge in [-0.05, 0) is 6.04 Å². The summed E-state index contributed by atoms with van der Waals surface area (Å²) < 4.78 is 0. The molecule has 0 fully saturated rings. The van der Waals surface area contributed by atoms with Crippen LogP contribution < -0.4 is 5.32 Å². The van der Waals surface area contributed by atoms with Crippen LogP contribution in [0.2, 0.25) is 0 Å². The Morgan fingerprint density at radius 2 is 1.91 bits per heavy atom. The van der Waals surface area contributed by atoms with Gasteiger partial charge in [0, 0.05) is 14.1 Å². The predicted octanol–water partition coefficient (Wildman–Crippen LogP) is 0.232. The fourth-order valence-corrected chi connectivity index (χ4v) is 0.367. The van der Waals surface area contributed by atoms with E-state index in [0.717, 1.165) is 0 Å². The van der Waals surface area contributed by atoms with Gasteiger partial charge >= 0.3 is 19.5 Å². The molecule has 1 N–H and O–H groups in total. The molecule has 0 aromatic carbocycles. The number of rotatable bonds is 3. The number of carbonyl (C=O) groups excluding carboxylic acids is 1. The summed E-state index contributed by atoms with van der Waals surface area (Å²) in [6, 6.07) is 0.323. The first-order chi connectivity index (χ1) is 4.54. The average molecular weight is 244 g/mol. The molecule has 0 heterocycles. The summed E-state index contributed by atoms with van der Waals surface area (Å²) in [7, 11) is 3.45. The van der Waals surface area contributed by atoms with Crippen LogP contribution in [0.1, 0.15) is 13.8 Å². The van der Waals surface area contributed by atoms with E-state index < -0.39 is 0 Å². The van der Waals surface area contributed by atoms with Crippen LogP contribution in [-0.4, -0.2) is 30.9 Å². The minimum absolute atomic E-state index is 0. The molecule has 0 aliphatic rings. The zero-order valence-corrected chi connectivity index (χ0v) is 9.10.